The quantitative estimate of drug-likeness (QED) is 0.350. The third kappa shape index (κ3) is 3.63. The minimum Gasteiger partial charge on any atom is -0.387 e. The molecule has 5 N–H and O–H groups in total. The maximum Gasteiger partial charge on any atom is 0.469 e. The Morgan fingerprint density at radius 2 is 2.05 bits per heavy atom. The van der Waals surface area contributed by atoms with Gasteiger partial charge in [0, 0.05) is 0 Å². The van der Waals surface area contributed by atoms with E-state index in [9.17, 15) is 24.4 Å². The van der Waals surface area contributed by atoms with Gasteiger partial charge in [0.15, 0.2) is 6.23 Å². The van der Waals surface area contributed by atoms with Crippen molar-refractivity contribution in [3.63, 3.8) is 0 Å². The van der Waals surface area contributed by atoms with Gasteiger partial charge in [0.1, 0.15) is 24.6 Å². The zero-order chi connectivity index (χ0) is 15.8. The summed E-state index contributed by atoms with van der Waals surface area (Å²) in [7, 11) is -4.77. The summed E-state index contributed by atoms with van der Waals surface area (Å²) in [4.78, 5) is 44.6. The molecule has 0 unspecified atom stereocenters. The van der Waals surface area contributed by atoms with Gasteiger partial charge < -0.3 is 24.7 Å². The minimum atomic E-state index is -4.77. The van der Waals surface area contributed by atoms with Gasteiger partial charge >= 0.3 is 19.2 Å². The zero-order valence-electron chi connectivity index (χ0n) is 10.3. The summed E-state index contributed by atoms with van der Waals surface area (Å²) in [6.45, 7) is -0.704. The van der Waals surface area contributed by atoms with Gasteiger partial charge in [-0.2, -0.15) is 4.98 Å². The van der Waals surface area contributed by atoms with Crippen molar-refractivity contribution in [2.75, 3.05) is 6.61 Å². The molecule has 0 amide bonds. The first-order chi connectivity index (χ1) is 9.69. The number of nitrogens with one attached hydrogen (secondary N) is 1. The number of aliphatic hydroxyl groups excluding tert-OH is 2. The minimum absolute atomic E-state index is 0.704. The molecular formula is C8H12N3O9P. The van der Waals surface area contributed by atoms with Crippen molar-refractivity contribution in [2.45, 2.75) is 24.5 Å². The molecule has 0 bridgehead atoms. The summed E-state index contributed by atoms with van der Waals surface area (Å²) >= 11 is 0. The second-order valence-electron chi connectivity index (χ2n) is 4.22. The molecule has 1 aromatic rings. The first kappa shape index (κ1) is 16.0. The number of aromatic nitrogens is 3. The van der Waals surface area contributed by atoms with Crippen molar-refractivity contribution in [1.29, 1.82) is 0 Å². The van der Waals surface area contributed by atoms with Crippen LogP contribution < -0.4 is 11.4 Å². The fraction of sp³-hybridized carbons (Fsp3) is 0.625. The second kappa shape index (κ2) is 5.77. The molecule has 2 heterocycles. The molecule has 1 aliphatic rings. The van der Waals surface area contributed by atoms with Crippen molar-refractivity contribution < 1.29 is 33.8 Å². The largest absolute Gasteiger partial charge is 0.469 e. The van der Waals surface area contributed by atoms with Crippen LogP contribution >= 0.6 is 7.82 Å². The highest BCUT2D eigenvalue weighted by Crippen LogP contribution is 2.38. The van der Waals surface area contributed by atoms with E-state index in [0.29, 0.717) is 0 Å². The first-order valence-corrected chi connectivity index (χ1v) is 7.11. The number of nitrogens with zero attached hydrogens (tertiary/aromatic N) is 2. The highest BCUT2D eigenvalue weighted by Gasteiger charge is 2.45. The lowest BCUT2D eigenvalue weighted by molar-refractivity contribution is -0.0548. The molecule has 0 radical (unpaired) electrons. The number of rotatable bonds is 4. The number of ether oxygens (including phenoxy) is 1. The Hall–Kier alpha value is -1.40. The van der Waals surface area contributed by atoms with Crippen LogP contribution in [-0.4, -0.2) is 59.5 Å². The molecule has 2 rings (SSSR count). The first-order valence-electron chi connectivity index (χ1n) is 5.58. The average molecular weight is 325 g/mol. The Kier molecular flexibility index (Phi) is 4.39. The van der Waals surface area contributed by atoms with Crippen LogP contribution in [-0.2, 0) is 13.8 Å². The van der Waals surface area contributed by atoms with E-state index in [1.165, 1.54) is 0 Å². The normalized spacial score (nSPS) is 29.7. The number of aliphatic hydroxyl groups is 2. The Labute approximate surface area is 115 Å². The molecule has 1 aromatic heterocycles. The average Bonchev–Trinajstić information content (AvgIpc) is 2.64. The number of aromatic amines is 1. The van der Waals surface area contributed by atoms with Gasteiger partial charge in [-0.3, -0.25) is 14.1 Å². The van der Waals surface area contributed by atoms with E-state index < -0.39 is 50.3 Å². The summed E-state index contributed by atoms with van der Waals surface area (Å²) in [6, 6.07) is 0. The SMILES string of the molecule is O=c1ncn([C@@H]2O[C@H](COP(=O)(O)O)[C@@H](O)[C@H]2O)c(=O)[nH]1. The van der Waals surface area contributed by atoms with Crippen molar-refractivity contribution in [1.82, 2.24) is 14.5 Å². The van der Waals surface area contributed by atoms with E-state index in [1.807, 2.05) is 4.98 Å². The second-order valence-corrected chi connectivity index (χ2v) is 5.46. The predicted octanol–water partition coefficient (Wildman–Crippen LogP) is -3.34. The van der Waals surface area contributed by atoms with Crippen molar-refractivity contribution in [3.8, 4) is 0 Å². The number of hydrogen-bond donors (Lipinski definition) is 5. The highest BCUT2D eigenvalue weighted by molar-refractivity contribution is 7.46. The molecule has 13 heteroatoms. The van der Waals surface area contributed by atoms with Gasteiger partial charge in [-0.1, -0.05) is 0 Å². The third-order valence-corrected chi connectivity index (χ3v) is 3.25. The molecular weight excluding hydrogens is 313 g/mol. The van der Waals surface area contributed by atoms with Crippen LogP contribution in [0.4, 0.5) is 0 Å². The molecule has 0 saturated carbocycles. The number of H-pyrrole nitrogens is 1. The molecule has 1 saturated heterocycles. The van der Waals surface area contributed by atoms with E-state index >= 15 is 0 Å². The topological polar surface area (TPSA) is 184 Å². The van der Waals surface area contributed by atoms with Gasteiger partial charge in [-0.15, -0.1) is 0 Å². The van der Waals surface area contributed by atoms with Crippen LogP contribution in [0, 0.1) is 0 Å². The van der Waals surface area contributed by atoms with Crippen LogP contribution in [0.2, 0.25) is 0 Å². The Morgan fingerprint density at radius 1 is 1.38 bits per heavy atom. The highest BCUT2D eigenvalue weighted by atomic mass is 31.2. The van der Waals surface area contributed by atoms with Gasteiger partial charge in [0.2, 0.25) is 0 Å². The molecule has 1 aliphatic heterocycles. The number of phosphoric acid groups is 1. The predicted molar refractivity (Wildman–Crippen MR) is 63.0 cm³/mol. The van der Waals surface area contributed by atoms with E-state index in [2.05, 4.69) is 9.51 Å². The molecule has 4 atom stereocenters. The summed E-state index contributed by atoms with van der Waals surface area (Å²) in [5.74, 6) is 0. The maximum absolute atomic E-state index is 11.5. The maximum atomic E-state index is 11.5. The summed E-state index contributed by atoms with van der Waals surface area (Å²) in [6.07, 6.45) is -4.99. The Bertz CT molecular complexity index is 665. The fourth-order valence-corrected chi connectivity index (χ4v) is 2.14. The Morgan fingerprint density at radius 3 is 2.62 bits per heavy atom. The van der Waals surface area contributed by atoms with Crippen LogP contribution in [0.3, 0.4) is 0 Å². The molecule has 12 nitrogen and oxygen atoms in total. The van der Waals surface area contributed by atoms with E-state index in [-0.39, 0.29) is 0 Å². The van der Waals surface area contributed by atoms with E-state index in [0.717, 1.165) is 10.9 Å². The van der Waals surface area contributed by atoms with Gasteiger partial charge in [-0.25, -0.2) is 14.2 Å². The fourth-order valence-electron chi connectivity index (χ4n) is 1.80. The lowest BCUT2D eigenvalue weighted by atomic mass is 10.1. The molecule has 21 heavy (non-hydrogen) atoms. The standard InChI is InChI=1S/C8H12N3O9P/c12-4-3(1-19-21(16,17)18)20-6(5(4)13)11-2-9-7(14)10-8(11)15/h2-6,12-13H,1H2,(H,10,14,15)(H2,16,17,18)/t3-,4-,5-,6-/m1/s1. The van der Waals surface area contributed by atoms with Crippen molar-refractivity contribution in [2.24, 2.45) is 0 Å². The van der Waals surface area contributed by atoms with Gasteiger partial charge in [-0.05, 0) is 0 Å². The van der Waals surface area contributed by atoms with Crippen LogP contribution in [0.15, 0.2) is 15.9 Å². The summed E-state index contributed by atoms with van der Waals surface area (Å²) < 4.78 is 20.6. The van der Waals surface area contributed by atoms with Crippen LogP contribution in [0.5, 0.6) is 0 Å². The van der Waals surface area contributed by atoms with Crippen LogP contribution in [0.25, 0.3) is 0 Å². The van der Waals surface area contributed by atoms with Crippen LogP contribution in [0.1, 0.15) is 6.23 Å². The molecule has 118 valence electrons. The van der Waals surface area contributed by atoms with Gasteiger partial charge in [0.25, 0.3) is 0 Å². The molecule has 0 spiro atoms. The lowest BCUT2D eigenvalue weighted by Gasteiger charge is -2.16. The molecule has 0 aliphatic carbocycles. The van der Waals surface area contributed by atoms with E-state index in [1.54, 1.807) is 0 Å². The monoisotopic (exact) mass is 325 g/mol. The molecule has 0 aromatic carbocycles. The summed E-state index contributed by atoms with van der Waals surface area (Å²) in [5.41, 5.74) is -1.83. The third-order valence-electron chi connectivity index (χ3n) is 2.77. The zero-order valence-corrected chi connectivity index (χ0v) is 11.2. The van der Waals surface area contributed by atoms with Crippen molar-refractivity contribution >= 4 is 7.82 Å². The van der Waals surface area contributed by atoms with E-state index in [4.69, 9.17) is 14.5 Å². The smallest absolute Gasteiger partial charge is 0.387 e. The lowest BCUT2D eigenvalue weighted by Crippen LogP contribution is -2.38. The Balaban J connectivity index is 2.18. The van der Waals surface area contributed by atoms with Crippen molar-refractivity contribution in [3.05, 3.63) is 27.3 Å². The number of hydrogen-bond acceptors (Lipinski definition) is 8. The summed E-state index contributed by atoms with van der Waals surface area (Å²) in [5, 5.41) is 19.5. The number of phosphoric ester groups is 1. The van der Waals surface area contributed by atoms with Gasteiger partial charge in [0.05, 0.1) is 6.61 Å². The molecule has 1 fully saturated rings.